The van der Waals surface area contributed by atoms with E-state index in [4.69, 9.17) is 4.74 Å². The number of methoxy groups -OCH3 is 1. The summed E-state index contributed by atoms with van der Waals surface area (Å²) in [7, 11) is 1.47. The number of ether oxygens (including phenoxy) is 1. The summed E-state index contributed by atoms with van der Waals surface area (Å²) >= 11 is 2.01. The molecule has 2 aromatic heterocycles. The molecule has 1 N–H and O–H groups in total. The fourth-order valence-corrected chi connectivity index (χ4v) is 1.51. The molecule has 2 aromatic rings. The molecule has 0 spiro atoms. The third-order valence-corrected chi connectivity index (χ3v) is 2.06. The number of hydrogen-bond donors (Lipinski definition) is 1. The molecular formula is C6H5IN4O2. The third-order valence-electron chi connectivity index (χ3n) is 1.53. The number of halogens is 1. The molecule has 2 heterocycles. The molecular weight excluding hydrogens is 287 g/mol. The van der Waals surface area contributed by atoms with Crippen molar-refractivity contribution in [1.29, 1.82) is 0 Å². The van der Waals surface area contributed by atoms with E-state index in [9.17, 15) is 4.79 Å². The molecule has 0 amide bonds. The van der Waals surface area contributed by atoms with Gasteiger partial charge in [-0.2, -0.15) is 9.61 Å². The van der Waals surface area contributed by atoms with Crippen LogP contribution in [0, 0.1) is 3.70 Å². The summed E-state index contributed by atoms with van der Waals surface area (Å²) < 4.78 is 6.99. The molecule has 0 atom stereocenters. The lowest BCUT2D eigenvalue weighted by Gasteiger charge is -1.98. The largest absolute Gasteiger partial charge is 0.466 e. The SMILES string of the molecule is COc1n[nH]c(=O)c2cc(I)nn12. The molecule has 0 bridgehead atoms. The highest BCUT2D eigenvalue weighted by molar-refractivity contribution is 14.1. The van der Waals surface area contributed by atoms with Crippen LogP contribution in [-0.2, 0) is 0 Å². The Morgan fingerprint density at radius 1 is 1.69 bits per heavy atom. The smallest absolute Gasteiger partial charge is 0.335 e. The Labute approximate surface area is 86.0 Å². The molecule has 0 aliphatic heterocycles. The number of aromatic amines is 1. The zero-order chi connectivity index (χ0) is 9.42. The standard InChI is InChI=1S/C6H5IN4O2/c1-13-6-9-8-5(12)3-2-4(7)10-11(3)6/h2H,1H3,(H,8,12). The number of rotatable bonds is 1. The van der Waals surface area contributed by atoms with E-state index in [0.29, 0.717) is 5.52 Å². The molecule has 0 fully saturated rings. The zero-order valence-corrected chi connectivity index (χ0v) is 8.77. The summed E-state index contributed by atoms with van der Waals surface area (Å²) in [5, 5.41) is 10.0. The van der Waals surface area contributed by atoms with E-state index in [1.54, 1.807) is 6.07 Å². The molecule has 0 aliphatic carbocycles. The van der Waals surface area contributed by atoms with Gasteiger partial charge in [-0.15, -0.1) is 5.10 Å². The van der Waals surface area contributed by atoms with Gasteiger partial charge in [0.2, 0.25) is 0 Å². The summed E-state index contributed by atoms with van der Waals surface area (Å²) in [5.74, 6) is 0. The first kappa shape index (κ1) is 8.48. The van der Waals surface area contributed by atoms with Crippen LogP contribution in [0.1, 0.15) is 0 Å². The molecule has 0 unspecified atom stereocenters. The van der Waals surface area contributed by atoms with Crippen LogP contribution < -0.4 is 10.3 Å². The molecule has 7 heteroatoms. The zero-order valence-electron chi connectivity index (χ0n) is 6.61. The van der Waals surface area contributed by atoms with Crippen LogP contribution in [0.25, 0.3) is 5.52 Å². The highest BCUT2D eigenvalue weighted by atomic mass is 127. The lowest BCUT2D eigenvalue weighted by Crippen LogP contribution is -2.13. The van der Waals surface area contributed by atoms with Gasteiger partial charge in [-0.3, -0.25) is 4.79 Å². The van der Waals surface area contributed by atoms with Crippen molar-refractivity contribution in [2.45, 2.75) is 0 Å². The van der Waals surface area contributed by atoms with E-state index >= 15 is 0 Å². The van der Waals surface area contributed by atoms with Crippen LogP contribution in [0.3, 0.4) is 0 Å². The average Bonchev–Trinajstić information content (AvgIpc) is 2.48. The van der Waals surface area contributed by atoms with Gasteiger partial charge in [0.15, 0.2) is 0 Å². The summed E-state index contributed by atoms with van der Waals surface area (Å²) in [6.45, 7) is 0. The number of aromatic nitrogens is 4. The van der Waals surface area contributed by atoms with Crippen molar-refractivity contribution in [1.82, 2.24) is 19.8 Å². The second-order valence-electron chi connectivity index (χ2n) is 2.30. The van der Waals surface area contributed by atoms with Crippen molar-refractivity contribution in [2.75, 3.05) is 7.11 Å². The number of hydrogen-bond acceptors (Lipinski definition) is 4. The first-order valence-corrected chi connectivity index (χ1v) is 4.48. The van der Waals surface area contributed by atoms with Crippen LogP contribution in [-0.4, -0.2) is 26.9 Å². The lowest BCUT2D eigenvalue weighted by atomic mass is 10.5. The first-order chi connectivity index (χ1) is 6.22. The molecule has 13 heavy (non-hydrogen) atoms. The Balaban J connectivity index is 2.92. The van der Waals surface area contributed by atoms with Gasteiger partial charge in [-0.05, 0) is 22.6 Å². The fourth-order valence-electron chi connectivity index (χ4n) is 0.995. The third kappa shape index (κ3) is 1.28. The van der Waals surface area contributed by atoms with Gasteiger partial charge < -0.3 is 4.74 Å². The number of nitrogens with zero attached hydrogens (tertiary/aromatic N) is 3. The first-order valence-electron chi connectivity index (χ1n) is 3.40. The Morgan fingerprint density at radius 2 is 2.46 bits per heavy atom. The van der Waals surface area contributed by atoms with E-state index in [1.807, 2.05) is 22.6 Å². The minimum absolute atomic E-state index is 0.262. The van der Waals surface area contributed by atoms with E-state index in [-0.39, 0.29) is 11.6 Å². The normalized spacial score (nSPS) is 10.6. The Hall–Kier alpha value is -1.12. The van der Waals surface area contributed by atoms with Crippen LogP contribution in [0.15, 0.2) is 10.9 Å². The number of nitrogens with one attached hydrogen (secondary N) is 1. The predicted molar refractivity (Wildman–Crippen MR) is 52.9 cm³/mol. The molecule has 0 radical (unpaired) electrons. The lowest BCUT2D eigenvalue weighted by molar-refractivity contribution is 0.359. The maximum absolute atomic E-state index is 11.2. The van der Waals surface area contributed by atoms with E-state index in [2.05, 4.69) is 15.3 Å². The van der Waals surface area contributed by atoms with Crippen LogP contribution in [0.5, 0.6) is 6.01 Å². The highest BCUT2D eigenvalue weighted by Crippen LogP contribution is 2.09. The van der Waals surface area contributed by atoms with Crippen LogP contribution >= 0.6 is 22.6 Å². The second-order valence-corrected chi connectivity index (χ2v) is 3.41. The Kier molecular flexibility index (Phi) is 1.94. The number of fused-ring (bicyclic) bond motifs is 1. The van der Waals surface area contributed by atoms with Gasteiger partial charge in [0.05, 0.1) is 7.11 Å². The Morgan fingerprint density at radius 3 is 3.15 bits per heavy atom. The van der Waals surface area contributed by atoms with Crippen molar-refractivity contribution in [3.63, 3.8) is 0 Å². The average molecular weight is 292 g/mol. The number of H-pyrrole nitrogens is 1. The summed E-state index contributed by atoms with van der Waals surface area (Å²) in [6, 6.07) is 1.92. The molecule has 0 aliphatic rings. The van der Waals surface area contributed by atoms with Gasteiger partial charge in [0, 0.05) is 6.07 Å². The predicted octanol–water partition coefficient (Wildman–Crippen LogP) is 0.0308. The monoisotopic (exact) mass is 292 g/mol. The molecule has 0 saturated carbocycles. The maximum atomic E-state index is 11.2. The van der Waals surface area contributed by atoms with Gasteiger partial charge in [-0.1, -0.05) is 0 Å². The Bertz CT molecular complexity index is 503. The van der Waals surface area contributed by atoms with Crippen LogP contribution in [0.4, 0.5) is 0 Å². The molecule has 6 nitrogen and oxygen atoms in total. The van der Waals surface area contributed by atoms with Crippen molar-refractivity contribution >= 4 is 28.1 Å². The summed E-state index contributed by atoms with van der Waals surface area (Å²) in [6.07, 6.45) is 0. The minimum Gasteiger partial charge on any atom is -0.466 e. The van der Waals surface area contributed by atoms with Gasteiger partial charge in [0.1, 0.15) is 9.22 Å². The topological polar surface area (TPSA) is 72.3 Å². The van der Waals surface area contributed by atoms with Crippen molar-refractivity contribution in [3.8, 4) is 6.01 Å². The quantitative estimate of drug-likeness (QED) is 0.753. The van der Waals surface area contributed by atoms with Gasteiger partial charge in [-0.25, -0.2) is 5.10 Å². The van der Waals surface area contributed by atoms with E-state index < -0.39 is 0 Å². The highest BCUT2D eigenvalue weighted by Gasteiger charge is 2.08. The van der Waals surface area contributed by atoms with E-state index in [0.717, 1.165) is 3.70 Å². The van der Waals surface area contributed by atoms with E-state index in [1.165, 1.54) is 11.6 Å². The van der Waals surface area contributed by atoms with Crippen molar-refractivity contribution < 1.29 is 4.74 Å². The van der Waals surface area contributed by atoms with Gasteiger partial charge in [0.25, 0.3) is 5.56 Å². The minimum atomic E-state index is -0.281. The molecule has 2 rings (SSSR count). The maximum Gasteiger partial charge on any atom is 0.335 e. The molecule has 68 valence electrons. The van der Waals surface area contributed by atoms with Crippen molar-refractivity contribution in [3.05, 3.63) is 20.1 Å². The second kappa shape index (κ2) is 2.98. The van der Waals surface area contributed by atoms with Crippen LogP contribution in [0.2, 0.25) is 0 Å². The fraction of sp³-hybridized carbons (Fsp3) is 0.167. The van der Waals surface area contributed by atoms with Gasteiger partial charge >= 0.3 is 6.01 Å². The molecule has 0 saturated heterocycles. The summed E-state index contributed by atoms with van der Waals surface area (Å²) in [5.41, 5.74) is 0.146. The summed E-state index contributed by atoms with van der Waals surface area (Å²) in [4.78, 5) is 11.2. The van der Waals surface area contributed by atoms with Crippen molar-refractivity contribution in [2.24, 2.45) is 0 Å². The molecule has 0 aromatic carbocycles.